The topological polar surface area (TPSA) is 84.2 Å². The summed E-state index contributed by atoms with van der Waals surface area (Å²) in [4.78, 5) is 27.8. The van der Waals surface area contributed by atoms with E-state index in [-0.39, 0.29) is 16.8 Å². The van der Waals surface area contributed by atoms with E-state index in [2.05, 4.69) is 14.9 Å². The predicted molar refractivity (Wildman–Crippen MR) is 99.5 cm³/mol. The number of hydrogen-bond donors (Lipinski definition) is 2. The van der Waals surface area contributed by atoms with Crippen LogP contribution in [-0.2, 0) is 5.75 Å². The Morgan fingerprint density at radius 2 is 2.04 bits per heavy atom. The van der Waals surface area contributed by atoms with Crippen LogP contribution >= 0.6 is 11.8 Å². The lowest BCUT2D eigenvalue weighted by Crippen LogP contribution is -2.13. The van der Waals surface area contributed by atoms with Crippen molar-refractivity contribution in [2.45, 2.75) is 11.1 Å². The minimum Gasteiger partial charge on any atom is -0.478 e. The summed E-state index contributed by atoms with van der Waals surface area (Å²) in [5.74, 6) is -0.603. The molecule has 7 heteroatoms. The van der Waals surface area contributed by atoms with Gasteiger partial charge in [0.25, 0.3) is 5.91 Å². The molecular formula is C19H15N3O3S. The van der Waals surface area contributed by atoms with Crippen molar-refractivity contribution in [3.63, 3.8) is 0 Å². The van der Waals surface area contributed by atoms with Gasteiger partial charge in [0.15, 0.2) is 0 Å². The van der Waals surface area contributed by atoms with Crippen molar-refractivity contribution in [2.24, 2.45) is 0 Å². The molecular weight excluding hydrogens is 350 g/mol. The van der Waals surface area contributed by atoms with Crippen LogP contribution in [0.25, 0.3) is 0 Å². The molecule has 1 amide bonds. The number of nitrogens with zero attached hydrogens (tertiary/aromatic N) is 2. The van der Waals surface area contributed by atoms with Gasteiger partial charge >= 0.3 is 5.97 Å². The molecule has 0 aliphatic carbocycles. The van der Waals surface area contributed by atoms with Gasteiger partial charge < -0.3 is 15.0 Å². The van der Waals surface area contributed by atoms with Gasteiger partial charge in [-0.15, -0.1) is 11.8 Å². The molecule has 0 saturated carbocycles. The molecule has 4 rings (SSSR count). The number of rotatable bonds is 4. The van der Waals surface area contributed by atoms with E-state index < -0.39 is 5.97 Å². The fourth-order valence-electron chi connectivity index (χ4n) is 2.97. The van der Waals surface area contributed by atoms with Gasteiger partial charge in [-0.1, -0.05) is 12.1 Å². The van der Waals surface area contributed by atoms with Gasteiger partial charge in [-0.3, -0.25) is 9.78 Å². The van der Waals surface area contributed by atoms with Crippen molar-refractivity contribution in [3.05, 3.63) is 83.4 Å². The van der Waals surface area contributed by atoms with Crippen molar-refractivity contribution in [1.82, 2.24) is 9.55 Å². The SMILES string of the molecule is O=C(O)c1cccc(C(=O)Nc2ccn3c2CSC3c2cccnc2)c1. The highest BCUT2D eigenvalue weighted by molar-refractivity contribution is 7.99. The molecule has 26 heavy (non-hydrogen) atoms. The van der Waals surface area contributed by atoms with Crippen molar-refractivity contribution in [3.8, 4) is 0 Å². The summed E-state index contributed by atoms with van der Waals surface area (Å²) in [6, 6.07) is 11.8. The van der Waals surface area contributed by atoms with Crippen molar-refractivity contribution >= 4 is 29.3 Å². The highest BCUT2D eigenvalue weighted by atomic mass is 32.2. The zero-order valence-corrected chi connectivity index (χ0v) is 14.4. The molecule has 1 aliphatic rings. The van der Waals surface area contributed by atoms with Crippen LogP contribution < -0.4 is 5.32 Å². The van der Waals surface area contributed by atoms with E-state index in [1.54, 1.807) is 30.1 Å². The number of aromatic nitrogens is 2. The molecule has 1 aliphatic heterocycles. The first-order valence-electron chi connectivity index (χ1n) is 7.99. The molecule has 0 spiro atoms. The number of carbonyl (C=O) groups excluding carboxylic acids is 1. The van der Waals surface area contributed by atoms with Crippen LogP contribution in [0.15, 0.2) is 61.1 Å². The Morgan fingerprint density at radius 3 is 2.81 bits per heavy atom. The van der Waals surface area contributed by atoms with Crippen LogP contribution in [0.3, 0.4) is 0 Å². The Balaban J connectivity index is 1.57. The Kier molecular flexibility index (Phi) is 4.22. The molecule has 1 unspecified atom stereocenters. The first-order valence-corrected chi connectivity index (χ1v) is 9.04. The normalized spacial score (nSPS) is 15.5. The predicted octanol–water partition coefficient (Wildman–Crippen LogP) is 3.63. The van der Waals surface area contributed by atoms with Crippen LogP contribution in [0, 0.1) is 0 Å². The fourth-order valence-corrected chi connectivity index (χ4v) is 4.28. The van der Waals surface area contributed by atoms with Gasteiger partial charge in [0, 0.05) is 35.5 Å². The maximum absolute atomic E-state index is 12.5. The molecule has 3 aromatic rings. The zero-order valence-electron chi connectivity index (χ0n) is 13.6. The van der Waals surface area contributed by atoms with Gasteiger partial charge in [0.1, 0.15) is 5.37 Å². The molecule has 0 bridgehead atoms. The molecule has 3 heterocycles. The second-order valence-electron chi connectivity index (χ2n) is 5.87. The smallest absolute Gasteiger partial charge is 0.335 e. The number of carbonyl (C=O) groups is 2. The van der Waals surface area contributed by atoms with E-state index in [0.29, 0.717) is 5.56 Å². The number of nitrogens with one attached hydrogen (secondary N) is 1. The summed E-state index contributed by atoms with van der Waals surface area (Å²) in [7, 11) is 0. The van der Waals surface area contributed by atoms with Crippen LogP contribution in [0.2, 0.25) is 0 Å². The molecule has 1 atom stereocenters. The number of amides is 1. The molecule has 6 nitrogen and oxygen atoms in total. The first kappa shape index (κ1) is 16.4. The summed E-state index contributed by atoms with van der Waals surface area (Å²) < 4.78 is 2.13. The van der Waals surface area contributed by atoms with E-state index >= 15 is 0 Å². The molecule has 0 fully saturated rings. The highest BCUT2D eigenvalue weighted by Crippen LogP contribution is 2.43. The molecule has 0 radical (unpaired) electrons. The van der Waals surface area contributed by atoms with Gasteiger partial charge in [0.2, 0.25) is 0 Å². The lowest BCUT2D eigenvalue weighted by molar-refractivity contribution is 0.0697. The number of fused-ring (bicyclic) bond motifs is 1. The van der Waals surface area contributed by atoms with Crippen LogP contribution in [0.4, 0.5) is 5.69 Å². The largest absolute Gasteiger partial charge is 0.478 e. The van der Waals surface area contributed by atoms with E-state index in [9.17, 15) is 9.59 Å². The third kappa shape index (κ3) is 2.97. The average Bonchev–Trinajstić information content (AvgIpc) is 3.25. The summed E-state index contributed by atoms with van der Waals surface area (Å²) in [6.07, 6.45) is 5.55. The third-order valence-corrected chi connectivity index (χ3v) is 5.50. The van der Waals surface area contributed by atoms with Crippen molar-refractivity contribution in [2.75, 3.05) is 5.32 Å². The number of hydrogen-bond acceptors (Lipinski definition) is 4. The quantitative estimate of drug-likeness (QED) is 0.738. The molecule has 130 valence electrons. The van der Waals surface area contributed by atoms with Gasteiger partial charge in [-0.05, 0) is 30.3 Å². The van der Waals surface area contributed by atoms with Crippen LogP contribution in [0.5, 0.6) is 0 Å². The van der Waals surface area contributed by atoms with E-state index in [1.807, 2.05) is 30.6 Å². The summed E-state index contributed by atoms with van der Waals surface area (Å²) in [6.45, 7) is 0. The number of aromatic carboxylic acids is 1. The second-order valence-corrected chi connectivity index (χ2v) is 6.94. The maximum atomic E-state index is 12.5. The lowest BCUT2D eigenvalue weighted by atomic mass is 10.1. The zero-order chi connectivity index (χ0) is 18.1. The van der Waals surface area contributed by atoms with E-state index in [1.165, 1.54) is 12.1 Å². The number of benzene rings is 1. The maximum Gasteiger partial charge on any atom is 0.335 e. The summed E-state index contributed by atoms with van der Waals surface area (Å²) in [5.41, 5.74) is 3.30. The number of carboxylic acid groups (broad SMARTS) is 1. The van der Waals surface area contributed by atoms with E-state index in [4.69, 9.17) is 5.11 Å². The van der Waals surface area contributed by atoms with Gasteiger partial charge in [0.05, 0.1) is 16.9 Å². The second kappa shape index (κ2) is 6.68. The third-order valence-electron chi connectivity index (χ3n) is 4.24. The Labute approximate surface area is 153 Å². The average molecular weight is 365 g/mol. The molecule has 2 aromatic heterocycles. The number of anilines is 1. The monoisotopic (exact) mass is 365 g/mol. The summed E-state index contributed by atoms with van der Waals surface area (Å²) >= 11 is 1.77. The van der Waals surface area contributed by atoms with Crippen LogP contribution in [0.1, 0.15) is 37.3 Å². The highest BCUT2D eigenvalue weighted by Gasteiger charge is 2.27. The van der Waals surface area contributed by atoms with Gasteiger partial charge in [-0.2, -0.15) is 0 Å². The minimum absolute atomic E-state index is 0.0898. The summed E-state index contributed by atoms with van der Waals surface area (Å²) in [5, 5.41) is 12.1. The van der Waals surface area contributed by atoms with Crippen LogP contribution in [-0.4, -0.2) is 26.5 Å². The Bertz CT molecular complexity index is 985. The van der Waals surface area contributed by atoms with E-state index in [0.717, 1.165) is 22.7 Å². The number of carboxylic acids is 1. The van der Waals surface area contributed by atoms with Gasteiger partial charge in [-0.25, -0.2) is 4.79 Å². The van der Waals surface area contributed by atoms with Crippen molar-refractivity contribution < 1.29 is 14.7 Å². The molecule has 1 aromatic carbocycles. The van der Waals surface area contributed by atoms with Crippen molar-refractivity contribution in [1.29, 1.82) is 0 Å². The number of thioether (sulfide) groups is 1. The molecule has 2 N–H and O–H groups in total. The first-order chi connectivity index (χ1) is 12.6. The lowest BCUT2D eigenvalue weighted by Gasteiger charge is -2.12. The standard InChI is InChI=1S/C19H15N3O3S/c23-17(12-3-1-4-13(9-12)19(24)25)21-15-6-8-22-16(15)11-26-18(22)14-5-2-7-20-10-14/h1-10,18H,11H2,(H,21,23)(H,24,25). The minimum atomic E-state index is -1.06. The Hall–Kier alpha value is -3.06. The Morgan fingerprint density at radius 1 is 1.19 bits per heavy atom. The number of pyridine rings is 1. The fraction of sp³-hybridized carbons (Fsp3) is 0.105. The molecule has 0 saturated heterocycles.